The van der Waals surface area contributed by atoms with Crippen molar-refractivity contribution in [3.05, 3.63) is 72.9 Å². The van der Waals surface area contributed by atoms with Crippen LogP contribution in [-0.4, -0.2) is 33.6 Å². The lowest BCUT2D eigenvalue weighted by Gasteiger charge is -2.12. The summed E-state index contributed by atoms with van der Waals surface area (Å²) in [6, 6.07) is 0. The van der Waals surface area contributed by atoms with Crippen LogP contribution in [0.3, 0.4) is 0 Å². The number of allylic oxidation sites excluding steroid dienone is 9. The van der Waals surface area contributed by atoms with Crippen molar-refractivity contribution in [3.63, 3.8) is 0 Å². The van der Waals surface area contributed by atoms with Crippen molar-refractivity contribution in [1.82, 2.24) is 0 Å². The highest BCUT2D eigenvalue weighted by atomic mass is 16.3. The van der Waals surface area contributed by atoms with E-state index in [1.807, 2.05) is 55.5 Å². The molecule has 0 bridgehead atoms. The van der Waals surface area contributed by atoms with Gasteiger partial charge < -0.3 is 15.3 Å². The van der Waals surface area contributed by atoms with E-state index >= 15 is 0 Å². The Hall–Kier alpha value is -1.68. The molecule has 3 N–H and O–H groups in total. The zero-order valence-corrected chi connectivity index (χ0v) is 15.5. The molecule has 140 valence electrons. The van der Waals surface area contributed by atoms with Crippen LogP contribution in [0.15, 0.2) is 72.9 Å². The average molecular weight is 347 g/mol. The summed E-state index contributed by atoms with van der Waals surface area (Å²) in [7, 11) is 0. The van der Waals surface area contributed by atoms with Crippen LogP contribution in [0.25, 0.3) is 0 Å². The van der Waals surface area contributed by atoms with Crippen LogP contribution < -0.4 is 0 Å². The van der Waals surface area contributed by atoms with Gasteiger partial charge in [-0.3, -0.25) is 0 Å². The molecule has 0 radical (unpaired) electrons. The molecule has 0 aliphatic carbocycles. The van der Waals surface area contributed by atoms with E-state index < -0.39 is 18.3 Å². The molecule has 3 nitrogen and oxygen atoms in total. The van der Waals surface area contributed by atoms with Gasteiger partial charge in [0.15, 0.2) is 0 Å². The third-order valence-corrected chi connectivity index (χ3v) is 3.39. The maximum Gasteiger partial charge on any atom is 0.0982 e. The average Bonchev–Trinajstić information content (AvgIpc) is 2.59. The summed E-state index contributed by atoms with van der Waals surface area (Å²) in [4.78, 5) is 0. The first-order valence-electron chi connectivity index (χ1n) is 9.14. The van der Waals surface area contributed by atoms with E-state index in [4.69, 9.17) is 0 Å². The third-order valence-electron chi connectivity index (χ3n) is 3.39. The second kappa shape index (κ2) is 17.2. The summed E-state index contributed by atoms with van der Waals surface area (Å²) in [6.07, 6.45) is 24.6. The highest BCUT2D eigenvalue weighted by molar-refractivity contribution is 5.14. The van der Waals surface area contributed by atoms with Gasteiger partial charge in [-0.1, -0.05) is 93.2 Å². The molecule has 0 aromatic heterocycles. The van der Waals surface area contributed by atoms with Gasteiger partial charge in [0.25, 0.3) is 0 Å². The highest BCUT2D eigenvalue weighted by Gasteiger charge is 2.10. The molecule has 0 fully saturated rings. The monoisotopic (exact) mass is 346 g/mol. The fraction of sp³-hybridized carbons (Fsp3) is 0.455. The number of hydrogen-bond acceptors (Lipinski definition) is 3. The van der Waals surface area contributed by atoms with Gasteiger partial charge in [0.05, 0.1) is 18.3 Å². The SMILES string of the molecule is CC/C=C\C[C@@H](O)/C=C/C=C\C\C=C/C=C/C=C/C(O)[C@@H](O)CCC. The molecular formula is C22H34O3. The molecule has 0 spiro atoms. The lowest BCUT2D eigenvalue weighted by atomic mass is 10.1. The van der Waals surface area contributed by atoms with Crippen molar-refractivity contribution in [2.45, 2.75) is 64.3 Å². The van der Waals surface area contributed by atoms with E-state index in [0.29, 0.717) is 12.8 Å². The van der Waals surface area contributed by atoms with Crippen molar-refractivity contribution in [3.8, 4) is 0 Å². The lowest BCUT2D eigenvalue weighted by Crippen LogP contribution is -2.23. The Kier molecular flexibility index (Phi) is 16.0. The molecule has 0 heterocycles. The van der Waals surface area contributed by atoms with Gasteiger partial charge in [-0.05, 0) is 25.7 Å². The largest absolute Gasteiger partial charge is 0.390 e. The zero-order chi connectivity index (χ0) is 18.8. The summed E-state index contributed by atoms with van der Waals surface area (Å²) < 4.78 is 0. The molecule has 3 atom stereocenters. The van der Waals surface area contributed by atoms with E-state index in [1.54, 1.807) is 18.2 Å². The summed E-state index contributed by atoms with van der Waals surface area (Å²) in [5, 5.41) is 28.9. The lowest BCUT2D eigenvalue weighted by molar-refractivity contribution is 0.0428. The molecule has 0 saturated heterocycles. The second-order valence-electron chi connectivity index (χ2n) is 5.78. The molecule has 3 heteroatoms. The van der Waals surface area contributed by atoms with Crippen LogP contribution >= 0.6 is 0 Å². The summed E-state index contributed by atoms with van der Waals surface area (Å²) in [5.41, 5.74) is 0. The van der Waals surface area contributed by atoms with Crippen LogP contribution in [-0.2, 0) is 0 Å². The first-order chi connectivity index (χ1) is 12.1. The number of aliphatic hydroxyl groups is 3. The minimum Gasteiger partial charge on any atom is -0.390 e. The van der Waals surface area contributed by atoms with Crippen LogP contribution in [0.5, 0.6) is 0 Å². The zero-order valence-electron chi connectivity index (χ0n) is 15.5. The van der Waals surface area contributed by atoms with E-state index in [2.05, 4.69) is 13.0 Å². The van der Waals surface area contributed by atoms with Crippen LogP contribution in [0, 0.1) is 0 Å². The fourth-order valence-corrected chi connectivity index (χ4v) is 1.97. The van der Waals surface area contributed by atoms with Crippen molar-refractivity contribution >= 4 is 0 Å². The quantitative estimate of drug-likeness (QED) is 0.342. The highest BCUT2D eigenvalue weighted by Crippen LogP contribution is 2.03. The molecular weight excluding hydrogens is 312 g/mol. The van der Waals surface area contributed by atoms with Gasteiger partial charge in [-0.15, -0.1) is 0 Å². The van der Waals surface area contributed by atoms with Gasteiger partial charge in [0.1, 0.15) is 0 Å². The minimum absolute atomic E-state index is 0.427. The van der Waals surface area contributed by atoms with Gasteiger partial charge >= 0.3 is 0 Å². The maximum absolute atomic E-state index is 9.67. The molecule has 0 amide bonds. The molecule has 0 aliphatic heterocycles. The Balaban J connectivity index is 3.92. The summed E-state index contributed by atoms with van der Waals surface area (Å²) in [5.74, 6) is 0. The Morgan fingerprint density at radius 3 is 2.04 bits per heavy atom. The number of aliphatic hydroxyl groups excluding tert-OH is 3. The molecule has 0 saturated carbocycles. The van der Waals surface area contributed by atoms with E-state index in [9.17, 15) is 15.3 Å². The number of hydrogen-bond donors (Lipinski definition) is 3. The van der Waals surface area contributed by atoms with Gasteiger partial charge in [-0.25, -0.2) is 0 Å². The van der Waals surface area contributed by atoms with Crippen LogP contribution in [0.2, 0.25) is 0 Å². The van der Waals surface area contributed by atoms with Gasteiger partial charge in [-0.2, -0.15) is 0 Å². The molecule has 25 heavy (non-hydrogen) atoms. The third kappa shape index (κ3) is 15.6. The molecule has 0 aliphatic rings. The Bertz CT molecular complexity index is 470. The van der Waals surface area contributed by atoms with Crippen molar-refractivity contribution < 1.29 is 15.3 Å². The van der Waals surface area contributed by atoms with E-state index in [-0.39, 0.29) is 0 Å². The summed E-state index contributed by atoms with van der Waals surface area (Å²) >= 11 is 0. The van der Waals surface area contributed by atoms with E-state index in [0.717, 1.165) is 19.3 Å². The smallest absolute Gasteiger partial charge is 0.0982 e. The molecule has 1 unspecified atom stereocenters. The summed E-state index contributed by atoms with van der Waals surface area (Å²) in [6.45, 7) is 4.05. The van der Waals surface area contributed by atoms with Gasteiger partial charge in [0, 0.05) is 0 Å². The molecule has 0 aromatic carbocycles. The Morgan fingerprint density at radius 1 is 0.720 bits per heavy atom. The molecule has 0 rings (SSSR count). The maximum atomic E-state index is 9.67. The number of rotatable bonds is 13. The normalized spacial score (nSPS) is 17.2. The minimum atomic E-state index is -0.809. The van der Waals surface area contributed by atoms with Crippen molar-refractivity contribution in [2.24, 2.45) is 0 Å². The van der Waals surface area contributed by atoms with Crippen molar-refractivity contribution in [1.29, 1.82) is 0 Å². The van der Waals surface area contributed by atoms with Crippen molar-refractivity contribution in [2.75, 3.05) is 0 Å². The van der Waals surface area contributed by atoms with Crippen LogP contribution in [0.1, 0.15) is 46.0 Å². The topological polar surface area (TPSA) is 60.7 Å². The first-order valence-corrected chi connectivity index (χ1v) is 9.14. The predicted octanol–water partition coefficient (Wildman–Crippen LogP) is 4.40. The molecule has 0 aromatic rings. The standard InChI is InChI=1S/C22H34O3/c1-3-5-13-17-20(23)18-14-11-9-7-6-8-10-12-15-19-22(25)21(24)16-4-2/h5-6,8-15,18-25H,3-4,7,16-17H2,1-2H3/b8-6-,11-9-,12-10+,13-5-,18-14+,19-15+/t20-,21+,22?/m1/s1. The first kappa shape index (κ1) is 23.3. The predicted molar refractivity (Wildman–Crippen MR) is 107 cm³/mol. The Labute approximate surface area is 153 Å². The van der Waals surface area contributed by atoms with Crippen LogP contribution in [0.4, 0.5) is 0 Å². The Morgan fingerprint density at radius 2 is 1.36 bits per heavy atom. The second-order valence-corrected chi connectivity index (χ2v) is 5.78. The fourth-order valence-electron chi connectivity index (χ4n) is 1.97. The van der Waals surface area contributed by atoms with E-state index in [1.165, 1.54) is 0 Å². The van der Waals surface area contributed by atoms with Gasteiger partial charge in [0.2, 0.25) is 0 Å².